The van der Waals surface area contributed by atoms with Gasteiger partial charge in [0.05, 0.1) is 17.6 Å². The zero-order valence-corrected chi connectivity index (χ0v) is 19.3. The van der Waals surface area contributed by atoms with Gasteiger partial charge in [0.25, 0.3) is 0 Å². The highest BCUT2D eigenvalue weighted by Crippen LogP contribution is 2.31. The number of aliphatic hydroxyl groups is 1. The number of amides is 1. The molecule has 2 atom stereocenters. The van der Waals surface area contributed by atoms with Crippen molar-refractivity contribution in [1.29, 1.82) is 0 Å². The molecule has 0 radical (unpaired) electrons. The Balaban J connectivity index is 1.33. The molecule has 3 aromatic carbocycles. The number of hydrogen-bond donors (Lipinski definition) is 1. The molecule has 0 aliphatic carbocycles. The highest BCUT2D eigenvalue weighted by atomic mass is 16.5. The lowest BCUT2D eigenvalue weighted by molar-refractivity contribution is -0.128. The van der Waals surface area contributed by atoms with Crippen LogP contribution in [0.25, 0.3) is 11.0 Å². The second kappa shape index (κ2) is 9.69. The summed E-state index contributed by atoms with van der Waals surface area (Å²) in [5.74, 6) is 1.70. The average Bonchev–Trinajstić information content (AvgIpc) is 3.39. The van der Waals surface area contributed by atoms with Crippen molar-refractivity contribution in [1.82, 2.24) is 14.5 Å². The van der Waals surface area contributed by atoms with Crippen LogP contribution in [0.3, 0.4) is 0 Å². The molecule has 0 spiro atoms. The van der Waals surface area contributed by atoms with E-state index in [4.69, 9.17) is 9.72 Å². The average molecular weight is 456 g/mol. The number of aliphatic hydroxyl groups excluding tert-OH is 1. The van der Waals surface area contributed by atoms with E-state index in [1.807, 2.05) is 90.7 Å². The summed E-state index contributed by atoms with van der Waals surface area (Å²) >= 11 is 0. The minimum absolute atomic E-state index is 0.0196. The van der Waals surface area contributed by atoms with Crippen LogP contribution in [-0.4, -0.2) is 44.7 Å². The van der Waals surface area contributed by atoms with E-state index in [0.29, 0.717) is 26.1 Å². The van der Waals surface area contributed by atoms with Gasteiger partial charge in [0.2, 0.25) is 5.91 Å². The van der Waals surface area contributed by atoms with E-state index in [2.05, 4.69) is 4.57 Å². The maximum Gasteiger partial charge on any atom is 0.223 e. The summed E-state index contributed by atoms with van der Waals surface area (Å²) in [6.07, 6.45) is -0.290. The Bertz CT molecular complexity index is 1270. The van der Waals surface area contributed by atoms with E-state index in [-0.39, 0.29) is 18.4 Å². The van der Waals surface area contributed by atoms with Crippen molar-refractivity contribution in [2.24, 2.45) is 0 Å². The molecule has 0 bridgehead atoms. The minimum atomic E-state index is -0.713. The van der Waals surface area contributed by atoms with Gasteiger partial charge in [-0.25, -0.2) is 4.98 Å². The third-order valence-corrected chi connectivity index (χ3v) is 6.34. The van der Waals surface area contributed by atoms with E-state index < -0.39 is 6.10 Å². The van der Waals surface area contributed by atoms with Crippen LogP contribution in [-0.2, 0) is 17.9 Å². The van der Waals surface area contributed by atoms with Crippen molar-refractivity contribution in [3.05, 3.63) is 95.8 Å². The summed E-state index contributed by atoms with van der Waals surface area (Å²) < 4.78 is 7.86. The highest BCUT2D eigenvalue weighted by molar-refractivity contribution is 5.81. The number of carbonyl (C=O) groups excluding carboxylic acids is 1. The first-order valence-electron chi connectivity index (χ1n) is 11.7. The number of aromatic nitrogens is 2. The van der Waals surface area contributed by atoms with Crippen LogP contribution in [0.4, 0.5) is 0 Å². The van der Waals surface area contributed by atoms with Crippen LogP contribution in [0.2, 0.25) is 0 Å². The van der Waals surface area contributed by atoms with Crippen molar-refractivity contribution in [2.45, 2.75) is 38.5 Å². The number of para-hydroxylation sites is 2. The highest BCUT2D eigenvalue weighted by Gasteiger charge is 2.34. The van der Waals surface area contributed by atoms with Crippen molar-refractivity contribution < 1.29 is 14.6 Å². The van der Waals surface area contributed by atoms with Gasteiger partial charge in [-0.1, -0.05) is 60.2 Å². The zero-order valence-electron chi connectivity index (χ0n) is 19.3. The topological polar surface area (TPSA) is 67.6 Å². The molecule has 2 heterocycles. The van der Waals surface area contributed by atoms with Crippen LogP contribution in [0.5, 0.6) is 5.75 Å². The summed E-state index contributed by atoms with van der Waals surface area (Å²) in [5, 5.41) is 10.8. The Hall–Kier alpha value is -3.64. The van der Waals surface area contributed by atoms with Crippen molar-refractivity contribution in [3.63, 3.8) is 0 Å². The monoisotopic (exact) mass is 455 g/mol. The molecular weight excluding hydrogens is 426 g/mol. The Morgan fingerprint density at radius 2 is 1.76 bits per heavy atom. The van der Waals surface area contributed by atoms with Crippen LogP contribution >= 0.6 is 0 Å². The first kappa shape index (κ1) is 22.2. The summed E-state index contributed by atoms with van der Waals surface area (Å²) in [4.78, 5) is 19.6. The van der Waals surface area contributed by atoms with Gasteiger partial charge in [0, 0.05) is 25.4 Å². The molecule has 34 heavy (non-hydrogen) atoms. The van der Waals surface area contributed by atoms with Gasteiger partial charge in [-0.2, -0.15) is 0 Å². The van der Waals surface area contributed by atoms with E-state index in [9.17, 15) is 9.90 Å². The molecule has 5 rings (SSSR count). The van der Waals surface area contributed by atoms with Gasteiger partial charge in [-0.3, -0.25) is 4.79 Å². The normalized spacial score (nSPS) is 16.8. The SMILES string of the molecule is Cc1ccc(OC[C@@H](O)Cn2c([C@H]3CC(=O)N(Cc4ccccc4)C3)nc3ccccc32)cc1. The number of imidazole rings is 1. The van der Waals surface area contributed by atoms with Gasteiger partial charge in [-0.15, -0.1) is 0 Å². The Labute approximate surface area is 199 Å². The maximum absolute atomic E-state index is 12.8. The molecule has 4 aromatic rings. The first-order valence-corrected chi connectivity index (χ1v) is 11.7. The molecule has 1 aromatic heterocycles. The number of fused-ring (bicyclic) bond motifs is 1. The van der Waals surface area contributed by atoms with Gasteiger partial charge < -0.3 is 19.3 Å². The Morgan fingerprint density at radius 1 is 1.03 bits per heavy atom. The zero-order chi connectivity index (χ0) is 23.5. The van der Waals surface area contributed by atoms with Crippen LogP contribution in [0, 0.1) is 6.92 Å². The number of aryl methyl sites for hydroxylation is 1. The van der Waals surface area contributed by atoms with E-state index >= 15 is 0 Å². The number of nitrogens with zero attached hydrogens (tertiary/aromatic N) is 3. The fourth-order valence-corrected chi connectivity index (χ4v) is 4.59. The Kier molecular flexibility index (Phi) is 6.32. The quantitative estimate of drug-likeness (QED) is 0.430. The van der Waals surface area contributed by atoms with E-state index in [1.54, 1.807) is 0 Å². The molecule has 1 aliphatic heterocycles. The lowest BCUT2D eigenvalue weighted by Gasteiger charge is -2.19. The minimum Gasteiger partial charge on any atom is -0.491 e. The number of rotatable bonds is 8. The molecular formula is C28H29N3O3. The number of ether oxygens (including phenoxy) is 1. The van der Waals surface area contributed by atoms with Gasteiger partial charge >= 0.3 is 0 Å². The third-order valence-electron chi connectivity index (χ3n) is 6.34. The predicted octanol–water partition coefficient (Wildman–Crippen LogP) is 4.30. The first-order chi connectivity index (χ1) is 16.6. The van der Waals surface area contributed by atoms with Crippen molar-refractivity contribution >= 4 is 16.9 Å². The molecule has 1 saturated heterocycles. The molecule has 1 amide bonds. The van der Waals surface area contributed by atoms with Crippen LogP contribution in [0.1, 0.15) is 29.3 Å². The van der Waals surface area contributed by atoms with Gasteiger partial charge in [0.1, 0.15) is 24.3 Å². The lowest BCUT2D eigenvalue weighted by Crippen LogP contribution is -2.26. The summed E-state index contributed by atoms with van der Waals surface area (Å²) in [7, 11) is 0. The number of likely N-dealkylation sites (tertiary alicyclic amines) is 1. The number of carbonyl (C=O) groups is 1. The van der Waals surface area contributed by atoms with Gasteiger partial charge in [-0.05, 0) is 36.8 Å². The maximum atomic E-state index is 12.8. The van der Waals surface area contributed by atoms with E-state index in [1.165, 1.54) is 0 Å². The molecule has 6 nitrogen and oxygen atoms in total. The summed E-state index contributed by atoms with van der Waals surface area (Å²) in [5.41, 5.74) is 4.11. The second-order valence-electron chi connectivity index (χ2n) is 9.01. The fraction of sp³-hybridized carbons (Fsp3) is 0.286. The third kappa shape index (κ3) is 4.82. The van der Waals surface area contributed by atoms with Crippen molar-refractivity contribution in [3.8, 4) is 5.75 Å². The second-order valence-corrected chi connectivity index (χ2v) is 9.01. The molecule has 1 N–H and O–H groups in total. The largest absolute Gasteiger partial charge is 0.491 e. The molecule has 0 unspecified atom stereocenters. The lowest BCUT2D eigenvalue weighted by atomic mass is 10.1. The predicted molar refractivity (Wildman–Crippen MR) is 132 cm³/mol. The van der Waals surface area contributed by atoms with Crippen LogP contribution in [0.15, 0.2) is 78.9 Å². The van der Waals surface area contributed by atoms with Gasteiger partial charge in [0.15, 0.2) is 0 Å². The molecule has 174 valence electrons. The van der Waals surface area contributed by atoms with E-state index in [0.717, 1.165) is 33.7 Å². The molecule has 1 aliphatic rings. The molecule has 6 heteroatoms. The number of hydrogen-bond acceptors (Lipinski definition) is 4. The number of benzene rings is 3. The summed E-state index contributed by atoms with van der Waals surface area (Å²) in [6, 6.07) is 25.8. The summed E-state index contributed by atoms with van der Waals surface area (Å²) in [6.45, 7) is 3.78. The van der Waals surface area contributed by atoms with Crippen LogP contribution < -0.4 is 4.74 Å². The molecule has 1 fully saturated rings. The fourth-order valence-electron chi connectivity index (χ4n) is 4.59. The molecule has 0 saturated carbocycles. The standard InChI is InChI=1S/C28H29N3O3/c1-20-11-13-24(14-12-20)34-19-23(32)18-31-26-10-6-5-9-25(26)29-28(31)22-15-27(33)30(17-22)16-21-7-3-2-4-8-21/h2-14,22-23,32H,15-19H2,1H3/t22-,23-/m0/s1. The Morgan fingerprint density at radius 3 is 2.56 bits per heavy atom. The van der Waals surface area contributed by atoms with Crippen molar-refractivity contribution in [2.75, 3.05) is 13.2 Å². The smallest absolute Gasteiger partial charge is 0.223 e.